The molecule has 6 rings (SSSR count). The molecule has 1 aliphatic heterocycles. The first-order valence-electron chi connectivity index (χ1n) is 14.9. The van der Waals surface area contributed by atoms with Crippen molar-refractivity contribution in [3.63, 3.8) is 0 Å². The van der Waals surface area contributed by atoms with Gasteiger partial charge < -0.3 is 14.7 Å². The highest BCUT2D eigenvalue weighted by atomic mass is 16.7. The van der Waals surface area contributed by atoms with Crippen molar-refractivity contribution in [3.05, 3.63) is 18.2 Å². The van der Waals surface area contributed by atoms with Crippen molar-refractivity contribution in [2.45, 2.75) is 110 Å². The van der Waals surface area contributed by atoms with Crippen LogP contribution in [0.2, 0.25) is 0 Å². The van der Waals surface area contributed by atoms with Crippen LogP contribution in [0.15, 0.2) is 6.58 Å². The number of hydrogen-bond donors (Lipinski definition) is 3. The van der Waals surface area contributed by atoms with Gasteiger partial charge >= 0.3 is 6.09 Å². The lowest BCUT2D eigenvalue weighted by Gasteiger charge is -2.32. The summed E-state index contributed by atoms with van der Waals surface area (Å²) in [5.41, 5.74) is 5.49. The molecule has 3 N–H and O–H groups in total. The van der Waals surface area contributed by atoms with Gasteiger partial charge in [0.25, 0.3) is 0 Å². The minimum atomic E-state index is -0.610. The van der Waals surface area contributed by atoms with Gasteiger partial charge in [0.05, 0.1) is 0 Å². The molecule has 206 valence electrons. The zero-order chi connectivity index (χ0) is 26.2. The number of allylic oxidation sites excluding steroid dienone is 1. The van der Waals surface area contributed by atoms with Crippen molar-refractivity contribution in [2.24, 2.45) is 23.7 Å². The molecule has 1 unspecified atom stereocenters. The van der Waals surface area contributed by atoms with Crippen LogP contribution in [-0.4, -0.2) is 31.7 Å². The summed E-state index contributed by atoms with van der Waals surface area (Å²) in [4.78, 5) is 31.7. The smallest absolute Gasteiger partial charge is 0.365 e. The van der Waals surface area contributed by atoms with Gasteiger partial charge in [-0.1, -0.05) is 52.0 Å². The Labute approximate surface area is 225 Å². The number of hydroxylamine groups is 1. The first kappa shape index (κ1) is 25.6. The molecular weight excluding hydrogens is 478 g/mol. The van der Waals surface area contributed by atoms with Gasteiger partial charge in [-0.3, -0.25) is 5.32 Å². The van der Waals surface area contributed by atoms with Crippen molar-refractivity contribution in [3.8, 4) is 0 Å². The summed E-state index contributed by atoms with van der Waals surface area (Å²) in [6.45, 7) is 10.2. The molecule has 2 aromatic heterocycles. The van der Waals surface area contributed by atoms with Crippen molar-refractivity contribution >= 4 is 28.6 Å². The fourth-order valence-corrected chi connectivity index (χ4v) is 6.79. The highest BCUT2D eigenvalue weighted by Crippen LogP contribution is 2.39. The van der Waals surface area contributed by atoms with Crippen LogP contribution >= 0.6 is 0 Å². The van der Waals surface area contributed by atoms with Gasteiger partial charge in [-0.15, -0.1) is 5.48 Å². The Morgan fingerprint density at radius 1 is 1.05 bits per heavy atom. The largest absolute Gasteiger partial charge is 0.427 e. The zero-order valence-electron chi connectivity index (χ0n) is 23.0. The molecule has 9 heteroatoms. The quantitative estimate of drug-likeness (QED) is 0.386. The van der Waals surface area contributed by atoms with Crippen molar-refractivity contribution in [2.75, 3.05) is 5.32 Å². The van der Waals surface area contributed by atoms with Crippen LogP contribution in [0, 0.1) is 23.7 Å². The van der Waals surface area contributed by atoms with Crippen molar-refractivity contribution in [1.82, 2.24) is 30.3 Å². The predicted octanol–water partition coefficient (Wildman–Crippen LogP) is 6.09. The zero-order valence-corrected chi connectivity index (χ0v) is 23.0. The lowest BCUT2D eigenvalue weighted by atomic mass is 9.80. The number of rotatable bonds is 8. The Kier molecular flexibility index (Phi) is 7.29. The van der Waals surface area contributed by atoms with Crippen LogP contribution < -0.4 is 16.1 Å². The molecule has 38 heavy (non-hydrogen) atoms. The van der Waals surface area contributed by atoms with Crippen LogP contribution in [-0.2, 0) is 11.4 Å². The molecule has 4 aliphatic rings. The number of aromatic nitrogens is 4. The molecular formula is C29H43N7O2. The highest BCUT2D eigenvalue weighted by molar-refractivity contribution is 5.86. The Hall–Kier alpha value is -2.68. The van der Waals surface area contributed by atoms with E-state index in [1.807, 2.05) is 0 Å². The summed E-state index contributed by atoms with van der Waals surface area (Å²) in [7, 11) is 0. The van der Waals surface area contributed by atoms with Crippen LogP contribution in [0.1, 0.15) is 109 Å². The molecule has 1 saturated heterocycles. The summed E-state index contributed by atoms with van der Waals surface area (Å²) in [6, 6.07) is 0.293. The maximum Gasteiger partial charge on any atom is 0.427 e. The second-order valence-corrected chi connectivity index (χ2v) is 12.3. The molecule has 2 atom stereocenters. The van der Waals surface area contributed by atoms with Gasteiger partial charge in [-0.2, -0.15) is 0 Å². The summed E-state index contributed by atoms with van der Waals surface area (Å²) < 4.78 is 2.39. The van der Waals surface area contributed by atoms with E-state index in [1.165, 1.54) is 77.0 Å². The number of carbonyl (C=O) groups is 1. The number of carbonyl (C=O) groups excluding carboxylic acids is 1. The molecule has 3 aliphatic carbocycles. The van der Waals surface area contributed by atoms with E-state index in [-0.39, 0.29) is 0 Å². The van der Waals surface area contributed by atoms with Crippen LogP contribution in [0.3, 0.4) is 0 Å². The SMILES string of the molecule is C=C(c1nc2nc(C3NOC(=O)N3)nc(N[C@H](C)C3CCC3)c2n1CC1CCC(C)CC1)C1CCCCC1. The van der Waals surface area contributed by atoms with E-state index in [1.54, 1.807) is 0 Å². The Morgan fingerprint density at radius 2 is 1.82 bits per heavy atom. The molecule has 3 saturated carbocycles. The number of nitrogens with one attached hydrogen (secondary N) is 3. The van der Waals surface area contributed by atoms with Crippen molar-refractivity contribution in [1.29, 1.82) is 0 Å². The molecule has 9 nitrogen and oxygen atoms in total. The Bertz CT molecular complexity index is 1180. The third kappa shape index (κ3) is 5.14. The van der Waals surface area contributed by atoms with Crippen LogP contribution in [0.25, 0.3) is 16.7 Å². The molecule has 4 fully saturated rings. The highest BCUT2D eigenvalue weighted by Gasteiger charge is 2.32. The third-order valence-electron chi connectivity index (χ3n) is 9.59. The Balaban J connectivity index is 1.43. The monoisotopic (exact) mass is 521 g/mol. The van der Waals surface area contributed by atoms with E-state index in [9.17, 15) is 4.79 Å². The van der Waals surface area contributed by atoms with E-state index in [0.29, 0.717) is 35.3 Å². The molecule has 3 heterocycles. The summed E-state index contributed by atoms with van der Waals surface area (Å²) in [5, 5.41) is 6.50. The van der Waals surface area contributed by atoms with Gasteiger partial charge in [0, 0.05) is 12.6 Å². The fraction of sp³-hybridized carbons (Fsp3) is 0.724. The van der Waals surface area contributed by atoms with Gasteiger partial charge in [0.1, 0.15) is 11.3 Å². The number of anilines is 1. The summed E-state index contributed by atoms with van der Waals surface area (Å²) >= 11 is 0. The average Bonchev–Trinajstić information content (AvgIpc) is 3.48. The number of amides is 1. The summed E-state index contributed by atoms with van der Waals surface area (Å²) in [5.74, 6) is 4.75. The second-order valence-electron chi connectivity index (χ2n) is 12.3. The van der Waals surface area contributed by atoms with E-state index < -0.39 is 12.3 Å². The molecule has 0 bridgehead atoms. The normalized spacial score (nSPS) is 27.5. The number of nitrogens with zero attached hydrogens (tertiary/aromatic N) is 4. The third-order valence-corrected chi connectivity index (χ3v) is 9.59. The Morgan fingerprint density at radius 3 is 2.47 bits per heavy atom. The van der Waals surface area contributed by atoms with E-state index in [2.05, 4.69) is 41.1 Å². The molecule has 0 radical (unpaired) electrons. The van der Waals surface area contributed by atoms with Gasteiger partial charge in [0.15, 0.2) is 23.5 Å². The first-order valence-corrected chi connectivity index (χ1v) is 14.9. The number of imidazole rings is 1. The topological polar surface area (TPSA) is 106 Å². The van der Waals surface area contributed by atoms with Crippen LogP contribution in [0.4, 0.5) is 10.6 Å². The van der Waals surface area contributed by atoms with Gasteiger partial charge in [-0.05, 0) is 74.7 Å². The standard InChI is InChI=1S/C29H43N7O2/c1-17-12-14-20(15-13-17)16-36-23-24(30-19(3)22-10-7-11-22)31-26(27-34-29(37)38-35-27)32-25(23)33-28(36)18(2)21-8-5-4-6-9-21/h17,19-22,27,35H,2,4-16H2,1,3H3,(H,34,37)(H,30,31,32)/t17?,19-,20?,27?/m1/s1. The second kappa shape index (κ2) is 10.8. The lowest BCUT2D eigenvalue weighted by molar-refractivity contribution is 0.120. The maximum absolute atomic E-state index is 11.8. The van der Waals surface area contributed by atoms with Gasteiger partial charge in [0.2, 0.25) is 0 Å². The molecule has 2 aromatic rings. The minimum Gasteiger partial charge on any atom is -0.365 e. The predicted molar refractivity (Wildman–Crippen MR) is 148 cm³/mol. The average molecular weight is 522 g/mol. The van der Waals surface area contributed by atoms with Crippen LogP contribution in [0.5, 0.6) is 0 Å². The van der Waals surface area contributed by atoms with E-state index in [4.69, 9.17) is 19.8 Å². The number of fused-ring (bicyclic) bond motifs is 1. The first-order chi connectivity index (χ1) is 18.5. The molecule has 0 aromatic carbocycles. The fourth-order valence-electron chi connectivity index (χ4n) is 6.79. The maximum atomic E-state index is 11.8. The van der Waals surface area contributed by atoms with E-state index >= 15 is 0 Å². The van der Waals surface area contributed by atoms with Crippen molar-refractivity contribution < 1.29 is 9.63 Å². The van der Waals surface area contributed by atoms with E-state index in [0.717, 1.165) is 35.2 Å². The number of hydrogen-bond acceptors (Lipinski definition) is 7. The minimum absolute atomic E-state index is 0.293. The summed E-state index contributed by atoms with van der Waals surface area (Å²) in [6.07, 6.45) is 13.9. The molecule has 0 spiro atoms. The van der Waals surface area contributed by atoms with Gasteiger partial charge in [-0.25, -0.2) is 19.7 Å². The lowest BCUT2D eigenvalue weighted by Crippen LogP contribution is -2.32. The molecule has 1 amide bonds.